The normalized spacial score (nSPS) is 18.4. The van der Waals surface area contributed by atoms with Crippen LogP contribution in [-0.2, 0) is 11.3 Å². The fourth-order valence-electron chi connectivity index (χ4n) is 3.11. The Kier molecular flexibility index (Phi) is 7.71. The van der Waals surface area contributed by atoms with Gasteiger partial charge in [-0.3, -0.25) is 9.89 Å². The van der Waals surface area contributed by atoms with E-state index in [0.717, 1.165) is 49.5 Å². The van der Waals surface area contributed by atoms with E-state index in [-0.39, 0.29) is 6.04 Å². The Balaban J connectivity index is 1.69. The molecule has 1 unspecified atom stereocenters. The molecule has 1 aromatic rings. The smallest absolute Gasteiger partial charge is 0.208 e. The third-order valence-corrected chi connectivity index (χ3v) is 4.72. The number of hydrogen-bond donors (Lipinski definition) is 2. The van der Waals surface area contributed by atoms with Crippen molar-refractivity contribution >= 4 is 5.96 Å². The predicted molar refractivity (Wildman–Crippen MR) is 99.8 cm³/mol. The van der Waals surface area contributed by atoms with E-state index in [1.54, 1.807) is 14.2 Å². The van der Waals surface area contributed by atoms with Crippen LogP contribution in [-0.4, -0.2) is 62.3 Å². The summed E-state index contributed by atoms with van der Waals surface area (Å²) in [7, 11) is 3.51. The highest BCUT2D eigenvalue weighted by atomic mass is 16.5. The van der Waals surface area contributed by atoms with E-state index in [1.807, 2.05) is 13.8 Å². The number of ether oxygens (including phenoxy) is 1. The molecule has 1 saturated heterocycles. The standard InChI is InChI=1S/C18H33N5O2/c1-13(12-24-5)21-18(19-4)20-10-16-6-8-23(9-7-16)11-17-22-14(2)15(3)25-17/h13,16H,6-12H2,1-5H3,(H2,19,20,21). The van der Waals surface area contributed by atoms with Crippen LogP contribution >= 0.6 is 0 Å². The molecule has 2 rings (SSSR count). The molecule has 1 aromatic heterocycles. The molecule has 25 heavy (non-hydrogen) atoms. The van der Waals surface area contributed by atoms with Crippen LogP contribution in [0.3, 0.4) is 0 Å². The highest BCUT2D eigenvalue weighted by Gasteiger charge is 2.21. The molecule has 0 amide bonds. The van der Waals surface area contributed by atoms with E-state index < -0.39 is 0 Å². The zero-order chi connectivity index (χ0) is 18.2. The highest BCUT2D eigenvalue weighted by molar-refractivity contribution is 5.79. The number of piperidine rings is 1. The van der Waals surface area contributed by atoms with Gasteiger partial charge in [0.1, 0.15) is 5.76 Å². The third-order valence-electron chi connectivity index (χ3n) is 4.72. The van der Waals surface area contributed by atoms with Crippen molar-refractivity contribution in [2.24, 2.45) is 10.9 Å². The molecule has 1 aliphatic rings. The van der Waals surface area contributed by atoms with Crippen molar-refractivity contribution in [3.63, 3.8) is 0 Å². The van der Waals surface area contributed by atoms with E-state index in [2.05, 4.69) is 32.4 Å². The fourth-order valence-corrected chi connectivity index (χ4v) is 3.11. The maximum absolute atomic E-state index is 5.69. The van der Waals surface area contributed by atoms with Crippen molar-refractivity contribution in [3.05, 3.63) is 17.3 Å². The van der Waals surface area contributed by atoms with Crippen LogP contribution < -0.4 is 10.6 Å². The molecule has 7 nitrogen and oxygen atoms in total. The van der Waals surface area contributed by atoms with Crippen molar-refractivity contribution in [2.45, 2.75) is 46.2 Å². The van der Waals surface area contributed by atoms with Gasteiger partial charge in [-0.25, -0.2) is 4.98 Å². The van der Waals surface area contributed by atoms with Gasteiger partial charge in [-0.2, -0.15) is 0 Å². The average molecular weight is 351 g/mol. The van der Waals surface area contributed by atoms with Crippen LogP contribution in [0.2, 0.25) is 0 Å². The molecule has 1 atom stereocenters. The van der Waals surface area contributed by atoms with Crippen molar-refractivity contribution in [3.8, 4) is 0 Å². The van der Waals surface area contributed by atoms with Crippen LogP contribution in [0, 0.1) is 19.8 Å². The zero-order valence-corrected chi connectivity index (χ0v) is 16.3. The lowest BCUT2D eigenvalue weighted by atomic mass is 9.97. The monoisotopic (exact) mass is 351 g/mol. The van der Waals surface area contributed by atoms with Crippen LogP contribution in [0.1, 0.15) is 37.1 Å². The van der Waals surface area contributed by atoms with Crippen molar-refractivity contribution in [2.75, 3.05) is 40.4 Å². The first-order valence-corrected chi connectivity index (χ1v) is 9.13. The summed E-state index contributed by atoms with van der Waals surface area (Å²) in [5.41, 5.74) is 0.996. The van der Waals surface area contributed by atoms with Gasteiger partial charge in [0.05, 0.1) is 18.8 Å². The summed E-state index contributed by atoms with van der Waals surface area (Å²) in [5, 5.41) is 6.78. The summed E-state index contributed by atoms with van der Waals surface area (Å²) in [6.07, 6.45) is 2.35. The fraction of sp³-hybridized carbons (Fsp3) is 0.778. The van der Waals surface area contributed by atoms with Crippen molar-refractivity contribution in [1.82, 2.24) is 20.5 Å². The quantitative estimate of drug-likeness (QED) is 0.575. The Morgan fingerprint density at radius 1 is 1.40 bits per heavy atom. The summed E-state index contributed by atoms with van der Waals surface area (Å²) < 4.78 is 10.8. The highest BCUT2D eigenvalue weighted by Crippen LogP contribution is 2.19. The Hall–Kier alpha value is -1.60. The summed E-state index contributed by atoms with van der Waals surface area (Å²) in [4.78, 5) is 11.2. The molecule has 1 fully saturated rings. The largest absolute Gasteiger partial charge is 0.444 e. The number of hydrogen-bond acceptors (Lipinski definition) is 5. The number of methoxy groups -OCH3 is 1. The number of nitrogens with one attached hydrogen (secondary N) is 2. The van der Waals surface area contributed by atoms with Crippen LogP contribution in [0.25, 0.3) is 0 Å². The van der Waals surface area contributed by atoms with Gasteiger partial charge in [-0.05, 0) is 52.6 Å². The molecule has 142 valence electrons. The van der Waals surface area contributed by atoms with Crippen LogP contribution in [0.4, 0.5) is 0 Å². The first kappa shape index (κ1) is 19.7. The Morgan fingerprint density at radius 3 is 2.68 bits per heavy atom. The summed E-state index contributed by atoms with van der Waals surface area (Å²) in [6.45, 7) is 10.6. The second-order valence-electron chi connectivity index (χ2n) is 6.92. The average Bonchev–Trinajstić information content (AvgIpc) is 2.90. The van der Waals surface area contributed by atoms with Gasteiger partial charge in [0.2, 0.25) is 5.89 Å². The number of aryl methyl sites for hydroxylation is 2. The zero-order valence-electron chi connectivity index (χ0n) is 16.3. The molecule has 1 aliphatic heterocycles. The molecule has 0 bridgehead atoms. The minimum Gasteiger partial charge on any atom is -0.444 e. The van der Waals surface area contributed by atoms with E-state index >= 15 is 0 Å². The van der Waals surface area contributed by atoms with Crippen LogP contribution in [0.15, 0.2) is 9.41 Å². The molecule has 0 aliphatic carbocycles. The maximum Gasteiger partial charge on any atom is 0.208 e. The summed E-state index contributed by atoms with van der Waals surface area (Å²) in [5.74, 6) is 3.28. The molecule has 0 spiro atoms. The predicted octanol–water partition coefficient (Wildman–Crippen LogP) is 1.70. The SMILES string of the molecule is CN=C(NCC1CCN(Cc2nc(C)c(C)o2)CC1)NC(C)COC. The van der Waals surface area contributed by atoms with Gasteiger partial charge in [0.25, 0.3) is 0 Å². The molecule has 2 N–H and O–H groups in total. The number of guanidine groups is 1. The molecule has 2 heterocycles. The van der Waals surface area contributed by atoms with Gasteiger partial charge < -0.3 is 19.8 Å². The molecule has 0 radical (unpaired) electrons. The minimum absolute atomic E-state index is 0.241. The maximum atomic E-state index is 5.69. The lowest BCUT2D eigenvalue weighted by Gasteiger charge is -2.31. The van der Waals surface area contributed by atoms with E-state index in [0.29, 0.717) is 12.5 Å². The van der Waals surface area contributed by atoms with Crippen LogP contribution in [0.5, 0.6) is 0 Å². The van der Waals surface area contributed by atoms with E-state index in [4.69, 9.17) is 9.15 Å². The van der Waals surface area contributed by atoms with Gasteiger partial charge in [0, 0.05) is 26.7 Å². The van der Waals surface area contributed by atoms with E-state index in [9.17, 15) is 0 Å². The Bertz CT molecular complexity index is 530. The lowest BCUT2D eigenvalue weighted by Crippen LogP contribution is -2.46. The summed E-state index contributed by atoms with van der Waals surface area (Å²) >= 11 is 0. The Morgan fingerprint density at radius 2 is 2.12 bits per heavy atom. The Labute approximate surface area is 151 Å². The summed E-state index contributed by atoms with van der Waals surface area (Å²) in [6, 6.07) is 0.241. The molecule has 0 saturated carbocycles. The first-order chi connectivity index (χ1) is 12.0. The van der Waals surface area contributed by atoms with E-state index in [1.165, 1.54) is 12.8 Å². The molecular weight excluding hydrogens is 318 g/mol. The van der Waals surface area contributed by atoms with Gasteiger partial charge in [-0.15, -0.1) is 0 Å². The second-order valence-corrected chi connectivity index (χ2v) is 6.92. The molecule has 7 heteroatoms. The van der Waals surface area contributed by atoms with Gasteiger partial charge in [-0.1, -0.05) is 0 Å². The molecule has 0 aromatic carbocycles. The molecular formula is C18H33N5O2. The number of oxazole rings is 1. The van der Waals surface area contributed by atoms with Crippen molar-refractivity contribution in [1.29, 1.82) is 0 Å². The van der Waals surface area contributed by atoms with Gasteiger partial charge in [0.15, 0.2) is 5.96 Å². The topological polar surface area (TPSA) is 74.9 Å². The number of aromatic nitrogens is 1. The number of likely N-dealkylation sites (tertiary alicyclic amines) is 1. The number of rotatable bonds is 7. The number of aliphatic imine (C=N–C) groups is 1. The minimum atomic E-state index is 0.241. The van der Waals surface area contributed by atoms with Gasteiger partial charge >= 0.3 is 0 Å². The number of nitrogens with zero attached hydrogens (tertiary/aromatic N) is 3. The third kappa shape index (κ3) is 6.32. The second kappa shape index (κ2) is 9.77. The van der Waals surface area contributed by atoms with Crippen molar-refractivity contribution < 1.29 is 9.15 Å². The lowest BCUT2D eigenvalue weighted by molar-refractivity contribution is 0.163. The first-order valence-electron chi connectivity index (χ1n) is 9.13.